The zero-order valence-corrected chi connectivity index (χ0v) is 55.2. The second-order valence-electron chi connectivity index (χ2n) is 25.2. The molecule has 0 saturated carbocycles. The third-order valence-corrected chi connectivity index (χ3v) is 15.1. The number of rotatable bonds is 18. The molecular formula is C76H89N7O14. The highest BCUT2D eigenvalue weighted by Crippen LogP contribution is 2.27. The highest BCUT2D eigenvalue weighted by molar-refractivity contribution is 5.98. The maximum absolute atomic E-state index is 13.9. The Kier molecular flexibility index (Phi) is 26.9. The highest BCUT2D eigenvalue weighted by atomic mass is 16.6. The van der Waals surface area contributed by atoms with Gasteiger partial charge in [0.25, 0.3) is 0 Å². The minimum absolute atomic E-state index is 0. The number of carbonyl (C=O) groups excluding carboxylic acids is 8. The van der Waals surface area contributed by atoms with Gasteiger partial charge in [0.1, 0.15) is 49.8 Å². The summed E-state index contributed by atoms with van der Waals surface area (Å²) in [5, 5.41) is 13.3. The molecule has 3 heterocycles. The molecule has 3 atom stereocenters. The SMILES string of the molecule is C.C.CC(C)(C)OC(=O)NCn1nnc2ccccc21.Cc1ccc(C(=O)OCc2ccc(CC(=O)N3C(=O)OC[C@H]3Cc3ccccc3)cc2)c(C)c1.Cc1ccc(C(=O)OCc2ccc([C@@H](CNC(=O)OC(C)(C)C)C(=O)N3C(=O)OC[C@H]3Cc3ccccc3)cc2)c(C)c1. The Morgan fingerprint density at radius 2 is 0.979 bits per heavy atom. The number of esters is 2. The van der Waals surface area contributed by atoms with E-state index in [1.807, 2.05) is 182 Å². The van der Waals surface area contributed by atoms with E-state index in [1.165, 1.54) is 4.90 Å². The summed E-state index contributed by atoms with van der Waals surface area (Å²) in [4.78, 5) is 103. The molecule has 2 fully saturated rings. The lowest BCUT2D eigenvalue weighted by molar-refractivity contribution is -0.131. The van der Waals surface area contributed by atoms with Crippen LogP contribution in [0.4, 0.5) is 19.2 Å². The summed E-state index contributed by atoms with van der Waals surface area (Å²) in [5.41, 5.74) is 10.2. The van der Waals surface area contributed by atoms with Crippen LogP contribution in [-0.4, -0.2) is 116 Å². The summed E-state index contributed by atoms with van der Waals surface area (Å²) in [5.74, 6) is -2.48. The standard InChI is InChI=1S/C34H38N2O7.C28H27NO5.C12H16N4O2.2CH4/c1-22-11-16-28(23(2)17-22)31(38)41-20-25-12-14-26(15-13-25)29(19-35-32(39)43-34(3,4)5)30(37)36-27(21-42-33(36)40)18-24-9-7-6-8-10-24;1-19-8-13-25(20(2)14-19)27(31)33-17-23-11-9-22(10-12-23)16-26(30)29-24(18-34-28(29)32)15-21-6-4-3-5-7-21;1-12(2,3)18-11(17)13-8-16-10-7-5-4-6-9(10)14-15-16;;/h6-17,27,29H,18-21H2,1-5H3,(H,35,39);3-14,24H,15-18H2,1-2H3;4-7H,8H2,1-3H3,(H,13,17);2*1H4/t27-,29-;24-;;;/m11.../s1. The first kappa shape index (κ1) is 75.3. The fraction of sp³-hybridized carbons (Fsp3) is 0.342. The molecule has 6 amide bonds. The molecule has 1 aromatic heterocycles. The first-order valence-corrected chi connectivity index (χ1v) is 31.2. The number of para-hydroxylation sites is 1. The average Bonchev–Trinajstić information content (AvgIpc) is 1.75. The fourth-order valence-corrected chi connectivity index (χ4v) is 10.5. The van der Waals surface area contributed by atoms with Crippen molar-refractivity contribution in [3.63, 3.8) is 0 Å². The number of imide groups is 2. The number of carbonyl (C=O) groups is 8. The van der Waals surface area contributed by atoms with Crippen molar-refractivity contribution in [3.8, 4) is 0 Å². The third-order valence-electron chi connectivity index (χ3n) is 15.1. The van der Waals surface area contributed by atoms with E-state index in [1.54, 1.807) is 61.9 Å². The minimum atomic E-state index is -0.900. The highest BCUT2D eigenvalue weighted by Gasteiger charge is 2.42. The number of amides is 6. The van der Waals surface area contributed by atoms with E-state index in [0.717, 1.165) is 66.0 Å². The summed E-state index contributed by atoms with van der Waals surface area (Å²) in [6, 6.07) is 51.4. The lowest BCUT2D eigenvalue weighted by Crippen LogP contribution is -2.46. The second-order valence-corrected chi connectivity index (χ2v) is 25.2. The van der Waals surface area contributed by atoms with Gasteiger partial charge in [-0.3, -0.25) is 9.59 Å². The molecule has 2 N–H and O–H groups in total. The van der Waals surface area contributed by atoms with Crippen LogP contribution in [-0.2, 0) is 77.2 Å². The van der Waals surface area contributed by atoms with Gasteiger partial charge in [0.05, 0.1) is 41.1 Å². The van der Waals surface area contributed by atoms with E-state index < -0.39 is 59.4 Å². The van der Waals surface area contributed by atoms with Gasteiger partial charge in [-0.2, -0.15) is 0 Å². The molecule has 2 aliphatic heterocycles. The van der Waals surface area contributed by atoms with Crippen molar-refractivity contribution in [2.45, 2.75) is 152 Å². The largest absolute Gasteiger partial charge is 0.457 e. The molecule has 2 aliphatic rings. The Morgan fingerprint density at radius 3 is 1.47 bits per heavy atom. The molecule has 0 spiro atoms. The van der Waals surface area contributed by atoms with Gasteiger partial charge in [0, 0.05) is 6.54 Å². The molecule has 0 bridgehead atoms. The number of cyclic esters (lactones) is 2. The number of alkyl carbamates (subject to hydrolysis) is 2. The number of nitrogens with one attached hydrogen (secondary N) is 2. The first-order valence-electron chi connectivity index (χ1n) is 31.2. The van der Waals surface area contributed by atoms with E-state index in [4.69, 9.17) is 28.4 Å². The summed E-state index contributed by atoms with van der Waals surface area (Å²) < 4.78 is 33.5. The molecule has 0 radical (unpaired) electrons. The predicted molar refractivity (Wildman–Crippen MR) is 368 cm³/mol. The molecule has 7 aromatic carbocycles. The van der Waals surface area contributed by atoms with Crippen molar-refractivity contribution in [2.24, 2.45) is 0 Å². The number of hydrogen-bond acceptors (Lipinski definition) is 16. The molecule has 21 nitrogen and oxygen atoms in total. The normalized spacial score (nSPS) is 14.3. The molecule has 21 heteroatoms. The number of aromatic nitrogens is 3. The second kappa shape index (κ2) is 34.6. The Labute approximate surface area is 567 Å². The number of fused-ring (bicyclic) bond motifs is 1. The van der Waals surface area contributed by atoms with Gasteiger partial charge < -0.3 is 39.1 Å². The molecule has 97 heavy (non-hydrogen) atoms. The quantitative estimate of drug-likeness (QED) is 0.0598. The van der Waals surface area contributed by atoms with Crippen LogP contribution in [0.5, 0.6) is 0 Å². The van der Waals surface area contributed by atoms with Crippen molar-refractivity contribution >= 4 is 59.2 Å². The number of benzene rings is 7. The van der Waals surface area contributed by atoms with Gasteiger partial charge in [0.15, 0.2) is 0 Å². The van der Waals surface area contributed by atoms with Crippen molar-refractivity contribution in [1.82, 2.24) is 35.4 Å². The maximum Gasteiger partial charge on any atom is 0.417 e. The smallest absolute Gasteiger partial charge is 0.417 e. The summed E-state index contributed by atoms with van der Waals surface area (Å²) in [6.07, 6.45) is -1.38. The van der Waals surface area contributed by atoms with Crippen LogP contribution in [0.15, 0.2) is 170 Å². The number of ether oxygens (including phenoxy) is 6. The van der Waals surface area contributed by atoms with Crippen LogP contribution in [0.1, 0.15) is 139 Å². The van der Waals surface area contributed by atoms with Gasteiger partial charge in [-0.25, -0.2) is 43.2 Å². The van der Waals surface area contributed by atoms with Gasteiger partial charge in [0.2, 0.25) is 11.8 Å². The first-order chi connectivity index (χ1) is 45.3. The summed E-state index contributed by atoms with van der Waals surface area (Å²) in [7, 11) is 0. The fourth-order valence-electron chi connectivity index (χ4n) is 10.5. The van der Waals surface area contributed by atoms with E-state index in [0.29, 0.717) is 29.5 Å². The zero-order chi connectivity index (χ0) is 68.4. The maximum atomic E-state index is 13.9. The van der Waals surface area contributed by atoms with Crippen molar-refractivity contribution in [2.75, 3.05) is 19.8 Å². The van der Waals surface area contributed by atoms with Crippen LogP contribution in [0.25, 0.3) is 11.0 Å². The van der Waals surface area contributed by atoms with Crippen LogP contribution in [0.2, 0.25) is 0 Å². The summed E-state index contributed by atoms with van der Waals surface area (Å²) >= 11 is 0. The Morgan fingerprint density at radius 1 is 0.536 bits per heavy atom. The Hall–Kier alpha value is -10.7. The van der Waals surface area contributed by atoms with Crippen LogP contribution in [0, 0.1) is 27.7 Å². The van der Waals surface area contributed by atoms with Crippen molar-refractivity contribution in [1.29, 1.82) is 0 Å². The molecular weight excluding hydrogens is 1230 g/mol. The van der Waals surface area contributed by atoms with E-state index >= 15 is 0 Å². The van der Waals surface area contributed by atoms with Crippen molar-refractivity contribution in [3.05, 3.63) is 237 Å². The monoisotopic (exact) mass is 1320 g/mol. The summed E-state index contributed by atoms with van der Waals surface area (Å²) in [6.45, 7) is 19.0. The van der Waals surface area contributed by atoms with Crippen molar-refractivity contribution < 1.29 is 66.8 Å². The molecule has 10 rings (SSSR count). The van der Waals surface area contributed by atoms with Gasteiger partial charge in [-0.05, 0) is 151 Å². The van der Waals surface area contributed by atoms with Crippen LogP contribution >= 0.6 is 0 Å². The topological polar surface area (TPSA) is 253 Å². The van der Waals surface area contributed by atoms with E-state index in [9.17, 15) is 38.4 Å². The minimum Gasteiger partial charge on any atom is -0.457 e. The Bertz CT molecular complexity index is 3990. The number of nitrogens with zero attached hydrogens (tertiary/aromatic N) is 5. The van der Waals surface area contributed by atoms with Crippen LogP contribution in [0.3, 0.4) is 0 Å². The van der Waals surface area contributed by atoms with Gasteiger partial charge in [-0.15, -0.1) is 5.10 Å². The van der Waals surface area contributed by atoms with E-state index in [2.05, 4.69) is 20.9 Å². The molecule has 0 unspecified atom stereocenters. The van der Waals surface area contributed by atoms with E-state index in [-0.39, 0.29) is 78.8 Å². The predicted octanol–water partition coefficient (Wildman–Crippen LogP) is 13.8. The number of aryl methyl sites for hydroxylation is 4. The lowest BCUT2D eigenvalue weighted by Gasteiger charge is -2.26. The number of hydrogen-bond donors (Lipinski definition) is 2. The van der Waals surface area contributed by atoms with Gasteiger partial charge >= 0.3 is 36.3 Å². The van der Waals surface area contributed by atoms with Gasteiger partial charge in [-0.1, -0.05) is 177 Å². The lowest BCUT2D eigenvalue weighted by atomic mass is 9.95. The molecule has 2 saturated heterocycles. The zero-order valence-electron chi connectivity index (χ0n) is 55.2. The molecule has 512 valence electrons. The third kappa shape index (κ3) is 22.2. The Balaban J connectivity index is 0.000000245. The molecule has 0 aliphatic carbocycles. The average molecular weight is 1320 g/mol. The molecule has 8 aromatic rings. The van der Waals surface area contributed by atoms with Crippen LogP contribution < -0.4 is 10.6 Å².